The highest BCUT2D eigenvalue weighted by Gasteiger charge is 2.19. The van der Waals surface area contributed by atoms with Gasteiger partial charge in [0.25, 0.3) is 0 Å². The number of hydrogen-bond acceptors (Lipinski definition) is 1. The van der Waals surface area contributed by atoms with Crippen LogP contribution in [0.25, 0.3) is 0 Å². The lowest BCUT2D eigenvalue weighted by atomic mass is 10.3. The molecule has 0 saturated heterocycles. The molecule has 0 aliphatic heterocycles. The summed E-state index contributed by atoms with van der Waals surface area (Å²) < 4.78 is 12.4. The van der Waals surface area contributed by atoms with Crippen molar-refractivity contribution in [2.75, 3.05) is 0 Å². The van der Waals surface area contributed by atoms with Crippen molar-refractivity contribution in [3.05, 3.63) is 30.1 Å². The van der Waals surface area contributed by atoms with Crippen LogP contribution >= 0.6 is 0 Å². The average molecular weight is 170 g/mol. The van der Waals surface area contributed by atoms with E-state index in [9.17, 15) is 9.19 Å². The highest BCUT2D eigenvalue weighted by Crippen LogP contribution is 2.00. The summed E-state index contributed by atoms with van der Waals surface area (Å²) in [6.07, 6.45) is 0. The SMILES string of the molecule is C[Si](C)(O)c1ccc(F)cc1. The van der Waals surface area contributed by atoms with Crippen LogP contribution in [0.1, 0.15) is 0 Å². The first kappa shape index (κ1) is 8.42. The number of rotatable bonds is 1. The average Bonchev–Trinajstić information content (AvgIpc) is 1.86. The molecule has 0 fully saturated rings. The van der Waals surface area contributed by atoms with Crippen LogP contribution in [0.3, 0.4) is 0 Å². The summed E-state index contributed by atoms with van der Waals surface area (Å²) in [5.41, 5.74) is 0. The summed E-state index contributed by atoms with van der Waals surface area (Å²) in [6, 6.07) is 6.03. The molecule has 0 bridgehead atoms. The van der Waals surface area contributed by atoms with Crippen LogP contribution < -0.4 is 5.19 Å². The highest BCUT2D eigenvalue weighted by atomic mass is 28.4. The van der Waals surface area contributed by atoms with Gasteiger partial charge in [0.2, 0.25) is 8.32 Å². The Bertz CT molecular complexity index is 237. The summed E-state index contributed by atoms with van der Waals surface area (Å²) in [6.45, 7) is 3.61. The smallest absolute Gasteiger partial charge is 0.213 e. The Morgan fingerprint density at radius 1 is 1.18 bits per heavy atom. The lowest BCUT2D eigenvalue weighted by molar-refractivity contribution is 0.568. The molecule has 0 aliphatic carbocycles. The molecular formula is C8H11FOSi. The van der Waals surface area contributed by atoms with Crippen molar-refractivity contribution in [1.29, 1.82) is 0 Å². The van der Waals surface area contributed by atoms with Gasteiger partial charge in [0.05, 0.1) is 0 Å². The molecule has 1 aromatic rings. The minimum atomic E-state index is -2.22. The van der Waals surface area contributed by atoms with Crippen LogP contribution in [0.4, 0.5) is 4.39 Å². The number of halogens is 1. The fraction of sp³-hybridized carbons (Fsp3) is 0.250. The Balaban J connectivity index is 2.99. The number of hydrogen-bond donors (Lipinski definition) is 1. The normalized spacial score (nSPS) is 11.6. The van der Waals surface area contributed by atoms with E-state index in [2.05, 4.69) is 0 Å². The van der Waals surface area contributed by atoms with Crippen LogP contribution in [-0.4, -0.2) is 13.1 Å². The molecule has 1 nitrogen and oxygen atoms in total. The first-order chi connectivity index (χ1) is 5.00. The fourth-order valence-corrected chi connectivity index (χ4v) is 1.84. The largest absolute Gasteiger partial charge is 0.428 e. The first-order valence-corrected chi connectivity index (χ1v) is 6.43. The summed E-state index contributed by atoms with van der Waals surface area (Å²) >= 11 is 0. The predicted octanol–water partition coefficient (Wildman–Crippen LogP) is 1.23. The third-order valence-electron chi connectivity index (χ3n) is 1.55. The van der Waals surface area contributed by atoms with E-state index in [1.165, 1.54) is 12.1 Å². The van der Waals surface area contributed by atoms with E-state index in [0.717, 1.165) is 5.19 Å². The molecule has 3 heteroatoms. The van der Waals surface area contributed by atoms with Crippen LogP contribution in [0.5, 0.6) is 0 Å². The summed E-state index contributed by atoms with van der Waals surface area (Å²) in [4.78, 5) is 9.60. The zero-order valence-corrected chi connectivity index (χ0v) is 7.63. The monoisotopic (exact) mass is 170 g/mol. The quantitative estimate of drug-likeness (QED) is 0.628. The lowest BCUT2D eigenvalue weighted by Gasteiger charge is -2.13. The second-order valence-electron chi connectivity index (χ2n) is 3.07. The molecule has 11 heavy (non-hydrogen) atoms. The van der Waals surface area contributed by atoms with E-state index in [-0.39, 0.29) is 5.82 Å². The molecule has 1 aromatic carbocycles. The maximum Gasteiger partial charge on any atom is 0.213 e. The van der Waals surface area contributed by atoms with Crippen LogP contribution in [-0.2, 0) is 0 Å². The summed E-state index contributed by atoms with van der Waals surface area (Å²) in [5, 5.41) is 0.860. The summed E-state index contributed by atoms with van der Waals surface area (Å²) in [7, 11) is -2.22. The fourth-order valence-electron chi connectivity index (χ4n) is 0.858. The van der Waals surface area contributed by atoms with Crippen molar-refractivity contribution in [2.45, 2.75) is 13.1 Å². The van der Waals surface area contributed by atoms with Gasteiger partial charge in [-0.15, -0.1) is 0 Å². The van der Waals surface area contributed by atoms with Gasteiger partial charge in [-0.25, -0.2) is 4.39 Å². The second kappa shape index (κ2) is 2.75. The summed E-state index contributed by atoms with van der Waals surface area (Å²) in [5.74, 6) is -0.257. The molecule has 1 rings (SSSR count). The van der Waals surface area contributed by atoms with Gasteiger partial charge in [0.15, 0.2) is 0 Å². The van der Waals surface area contributed by atoms with Crippen molar-refractivity contribution >= 4 is 13.5 Å². The minimum absolute atomic E-state index is 0.257. The van der Waals surface area contributed by atoms with Gasteiger partial charge in [-0.05, 0) is 30.4 Å². The van der Waals surface area contributed by atoms with Gasteiger partial charge in [-0.1, -0.05) is 12.1 Å². The Labute approximate surface area is 66.6 Å². The molecule has 60 valence electrons. The van der Waals surface area contributed by atoms with E-state index in [1.807, 2.05) is 0 Å². The van der Waals surface area contributed by atoms with Gasteiger partial charge in [-0.2, -0.15) is 0 Å². The van der Waals surface area contributed by atoms with E-state index in [1.54, 1.807) is 25.2 Å². The maximum atomic E-state index is 12.4. The Morgan fingerprint density at radius 3 is 2.00 bits per heavy atom. The molecule has 0 aromatic heterocycles. The zero-order chi connectivity index (χ0) is 8.48. The Kier molecular flexibility index (Phi) is 2.11. The van der Waals surface area contributed by atoms with Crippen molar-refractivity contribution < 1.29 is 9.19 Å². The molecule has 0 atom stereocenters. The second-order valence-corrected chi connectivity index (χ2v) is 6.76. The van der Waals surface area contributed by atoms with Crippen LogP contribution in [0.2, 0.25) is 13.1 Å². The van der Waals surface area contributed by atoms with Gasteiger partial charge in [0, 0.05) is 0 Å². The lowest BCUT2D eigenvalue weighted by Crippen LogP contribution is -2.41. The minimum Gasteiger partial charge on any atom is -0.428 e. The van der Waals surface area contributed by atoms with Gasteiger partial charge in [0.1, 0.15) is 5.82 Å². The molecular weight excluding hydrogens is 159 g/mol. The Morgan fingerprint density at radius 2 is 1.64 bits per heavy atom. The molecule has 0 heterocycles. The van der Waals surface area contributed by atoms with Crippen LogP contribution in [0.15, 0.2) is 24.3 Å². The molecule has 1 N–H and O–H groups in total. The van der Waals surface area contributed by atoms with E-state index in [0.29, 0.717) is 0 Å². The molecule has 0 aliphatic rings. The standard InChI is InChI=1S/C8H11FOSi/c1-11(2,10)8-5-3-7(9)4-6-8/h3-6,10H,1-2H3. The molecule has 0 unspecified atom stereocenters. The van der Waals surface area contributed by atoms with Crippen LogP contribution in [0, 0.1) is 5.82 Å². The van der Waals surface area contributed by atoms with E-state index < -0.39 is 8.32 Å². The van der Waals surface area contributed by atoms with Gasteiger partial charge in [-0.3, -0.25) is 0 Å². The van der Waals surface area contributed by atoms with Gasteiger partial charge < -0.3 is 4.80 Å². The molecule has 0 spiro atoms. The van der Waals surface area contributed by atoms with Crippen molar-refractivity contribution in [1.82, 2.24) is 0 Å². The predicted molar refractivity (Wildman–Crippen MR) is 45.7 cm³/mol. The third-order valence-corrected chi connectivity index (χ3v) is 3.30. The van der Waals surface area contributed by atoms with Crippen molar-refractivity contribution in [2.24, 2.45) is 0 Å². The first-order valence-electron chi connectivity index (χ1n) is 3.48. The topological polar surface area (TPSA) is 20.2 Å². The zero-order valence-electron chi connectivity index (χ0n) is 6.63. The van der Waals surface area contributed by atoms with Gasteiger partial charge >= 0.3 is 0 Å². The van der Waals surface area contributed by atoms with Crippen molar-refractivity contribution in [3.63, 3.8) is 0 Å². The molecule has 0 amide bonds. The van der Waals surface area contributed by atoms with E-state index in [4.69, 9.17) is 0 Å². The third kappa shape index (κ3) is 2.13. The maximum absolute atomic E-state index is 12.4. The highest BCUT2D eigenvalue weighted by molar-refractivity contribution is 6.83. The Hall–Kier alpha value is -0.673. The molecule has 0 radical (unpaired) electrons. The molecule has 0 saturated carbocycles. The van der Waals surface area contributed by atoms with E-state index >= 15 is 0 Å². The van der Waals surface area contributed by atoms with Crippen molar-refractivity contribution in [3.8, 4) is 0 Å². The number of benzene rings is 1.